The van der Waals surface area contributed by atoms with E-state index < -0.39 is 5.97 Å². The summed E-state index contributed by atoms with van der Waals surface area (Å²) in [4.78, 5) is 24.7. The average molecular weight is 270 g/mol. The molecule has 2 aliphatic rings. The molecule has 2 fully saturated rings. The SMILES string of the molecule is O=C(O)C1CCCC1CNC(=O)N(CCO)C1CC1. The van der Waals surface area contributed by atoms with E-state index in [1.165, 1.54) is 0 Å². The molecule has 0 saturated heterocycles. The zero-order valence-electron chi connectivity index (χ0n) is 11.0. The molecule has 2 aliphatic carbocycles. The van der Waals surface area contributed by atoms with Crippen LogP contribution >= 0.6 is 0 Å². The molecule has 2 atom stereocenters. The molecule has 0 aliphatic heterocycles. The molecule has 2 unspecified atom stereocenters. The molecule has 0 aromatic heterocycles. The Morgan fingerprint density at radius 3 is 2.53 bits per heavy atom. The molecule has 0 bridgehead atoms. The third-order valence-corrected chi connectivity index (χ3v) is 4.08. The fraction of sp³-hybridized carbons (Fsp3) is 0.846. The maximum Gasteiger partial charge on any atom is 0.317 e. The number of carboxylic acids is 1. The van der Waals surface area contributed by atoms with Crippen LogP contribution < -0.4 is 5.32 Å². The van der Waals surface area contributed by atoms with Crippen LogP contribution in [-0.4, -0.2) is 52.9 Å². The Balaban J connectivity index is 1.80. The van der Waals surface area contributed by atoms with Crippen molar-refractivity contribution < 1.29 is 19.8 Å². The first kappa shape index (κ1) is 14.1. The number of hydrogen-bond acceptors (Lipinski definition) is 3. The van der Waals surface area contributed by atoms with Gasteiger partial charge in [-0.25, -0.2) is 4.79 Å². The van der Waals surface area contributed by atoms with Crippen LogP contribution in [0.3, 0.4) is 0 Å². The Kier molecular flexibility index (Phi) is 4.63. The second-order valence-electron chi connectivity index (χ2n) is 5.47. The molecule has 3 N–H and O–H groups in total. The topological polar surface area (TPSA) is 89.9 Å². The molecule has 6 heteroatoms. The molecule has 2 saturated carbocycles. The van der Waals surface area contributed by atoms with Crippen LogP contribution in [-0.2, 0) is 4.79 Å². The largest absolute Gasteiger partial charge is 0.481 e. The van der Waals surface area contributed by atoms with Crippen LogP contribution in [0.25, 0.3) is 0 Å². The number of hydrogen-bond donors (Lipinski definition) is 3. The molecule has 2 rings (SSSR count). The summed E-state index contributed by atoms with van der Waals surface area (Å²) in [6.45, 7) is 0.735. The second-order valence-corrected chi connectivity index (χ2v) is 5.47. The molecule has 0 heterocycles. The lowest BCUT2D eigenvalue weighted by Gasteiger charge is -2.24. The highest BCUT2D eigenvalue weighted by atomic mass is 16.4. The Morgan fingerprint density at radius 1 is 1.21 bits per heavy atom. The quantitative estimate of drug-likeness (QED) is 0.661. The van der Waals surface area contributed by atoms with E-state index in [1.807, 2.05) is 0 Å². The van der Waals surface area contributed by atoms with E-state index in [9.17, 15) is 9.59 Å². The number of carboxylic acid groups (broad SMARTS) is 1. The van der Waals surface area contributed by atoms with Gasteiger partial charge in [-0.2, -0.15) is 0 Å². The van der Waals surface area contributed by atoms with Gasteiger partial charge in [0.15, 0.2) is 0 Å². The number of carbonyl (C=O) groups excluding carboxylic acids is 1. The van der Waals surface area contributed by atoms with Crippen molar-refractivity contribution in [1.29, 1.82) is 0 Å². The Bertz CT molecular complexity index is 344. The number of urea groups is 1. The predicted octanol–water partition coefficient (Wildman–Crippen LogP) is 0.654. The number of amides is 2. The van der Waals surface area contributed by atoms with Crippen LogP contribution in [0.4, 0.5) is 4.79 Å². The van der Waals surface area contributed by atoms with Crippen molar-refractivity contribution in [3.05, 3.63) is 0 Å². The molecule has 19 heavy (non-hydrogen) atoms. The van der Waals surface area contributed by atoms with Gasteiger partial charge in [0.2, 0.25) is 0 Å². The minimum Gasteiger partial charge on any atom is -0.481 e. The van der Waals surface area contributed by atoms with Gasteiger partial charge in [-0.15, -0.1) is 0 Å². The van der Waals surface area contributed by atoms with Gasteiger partial charge < -0.3 is 20.4 Å². The first-order valence-corrected chi connectivity index (χ1v) is 7.01. The standard InChI is InChI=1S/C13H22N2O4/c16-7-6-15(10-4-5-10)13(19)14-8-9-2-1-3-11(9)12(17)18/h9-11,16H,1-8H2,(H,14,19)(H,17,18). The molecule has 0 aromatic carbocycles. The molecular weight excluding hydrogens is 248 g/mol. The zero-order valence-corrected chi connectivity index (χ0v) is 11.0. The summed E-state index contributed by atoms with van der Waals surface area (Å²) in [6.07, 6.45) is 4.48. The smallest absolute Gasteiger partial charge is 0.317 e. The van der Waals surface area contributed by atoms with Crippen molar-refractivity contribution in [2.75, 3.05) is 19.7 Å². The van der Waals surface area contributed by atoms with Crippen molar-refractivity contribution in [3.8, 4) is 0 Å². The highest BCUT2D eigenvalue weighted by molar-refractivity contribution is 5.75. The van der Waals surface area contributed by atoms with Crippen molar-refractivity contribution in [2.45, 2.75) is 38.1 Å². The Hall–Kier alpha value is -1.30. The van der Waals surface area contributed by atoms with E-state index in [0.717, 1.165) is 25.7 Å². The first-order chi connectivity index (χ1) is 9.13. The lowest BCUT2D eigenvalue weighted by atomic mass is 9.96. The summed E-state index contributed by atoms with van der Waals surface area (Å²) in [7, 11) is 0. The normalized spacial score (nSPS) is 26.2. The van der Waals surface area contributed by atoms with Crippen molar-refractivity contribution in [1.82, 2.24) is 10.2 Å². The molecule has 6 nitrogen and oxygen atoms in total. The van der Waals surface area contributed by atoms with E-state index >= 15 is 0 Å². The average Bonchev–Trinajstić information content (AvgIpc) is 3.10. The van der Waals surface area contributed by atoms with Gasteiger partial charge in [-0.05, 0) is 31.6 Å². The van der Waals surface area contributed by atoms with Crippen molar-refractivity contribution in [3.63, 3.8) is 0 Å². The van der Waals surface area contributed by atoms with Crippen LogP contribution in [0, 0.1) is 11.8 Å². The molecular formula is C13H22N2O4. The summed E-state index contributed by atoms with van der Waals surface area (Å²) < 4.78 is 0. The van der Waals surface area contributed by atoms with Gasteiger partial charge in [0.05, 0.1) is 12.5 Å². The predicted molar refractivity (Wildman–Crippen MR) is 68.7 cm³/mol. The van der Waals surface area contributed by atoms with E-state index in [0.29, 0.717) is 19.5 Å². The van der Waals surface area contributed by atoms with Crippen LogP contribution in [0.15, 0.2) is 0 Å². The molecule has 0 radical (unpaired) electrons. The third kappa shape index (κ3) is 3.59. The number of nitrogens with one attached hydrogen (secondary N) is 1. The van der Waals surface area contributed by atoms with E-state index in [2.05, 4.69) is 5.32 Å². The van der Waals surface area contributed by atoms with Gasteiger partial charge in [0.1, 0.15) is 0 Å². The Morgan fingerprint density at radius 2 is 1.95 bits per heavy atom. The van der Waals surface area contributed by atoms with Crippen molar-refractivity contribution >= 4 is 12.0 Å². The molecule has 108 valence electrons. The molecule has 2 amide bonds. The molecule has 0 spiro atoms. The van der Waals surface area contributed by atoms with Gasteiger partial charge in [0.25, 0.3) is 0 Å². The number of aliphatic carboxylic acids is 1. The van der Waals surface area contributed by atoms with Crippen LogP contribution in [0.5, 0.6) is 0 Å². The summed E-state index contributed by atoms with van der Waals surface area (Å²) in [5.74, 6) is -1.05. The summed E-state index contributed by atoms with van der Waals surface area (Å²) in [6, 6.07) is 0.0820. The second kappa shape index (κ2) is 6.23. The monoisotopic (exact) mass is 270 g/mol. The Labute approximate surface area is 112 Å². The third-order valence-electron chi connectivity index (χ3n) is 4.08. The lowest BCUT2D eigenvalue weighted by molar-refractivity contribution is -0.142. The summed E-state index contributed by atoms with van der Waals surface area (Å²) in [5, 5.41) is 20.9. The zero-order chi connectivity index (χ0) is 13.8. The van der Waals surface area contributed by atoms with Gasteiger partial charge in [-0.3, -0.25) is 4.79 Å². The number of rotatable bonds is 6. The van der Waals surface area contributed by atoms with E-state index in [-0.39, 0.29) is 30.5 Å². The maximum absolute atomic E-state index is 12.0. The van der Waals surface area contributed by atoms with Gasteiger partial charge in [0, 0.05) is 19.1 Å². The first-order valence-electron chi connectivity index (χ1n) is 7.01. The van der Waals surface area contributed by atoms with Crippen LogP contribution in [0.2, 0.25) is 0 Å². The minimum absolute atomic E-state index is 0.0366. The van der Waals surface area contributed by atoms with E-state index in [1.54, 1.807) is 4.90 Å². The van der Waals surface area contributed by atoms with Crippen molar-refractivity contribution in [2.24, 2.45) is 11.8 Å². The highest BCUT2D eigenvalue weighted by Crippen LogP contribution is 2.31. The summed E-state index contributed by atoms with van der Waals surface area (Å²) >= 11 is 0. The minimum atomic E-state index is -0.758. The number of aliphatic hydroxyl groups is 1. The fourth-order valence-corrected chi connectivity index (χ4v) is 2.87. The van der Waals surface area contributed by atoms with Gasteiger partial charge in [-0.1, -0.05) is 6.42 Å². The van der Waals surface area contributed by atoms with Gasteiger partial charge >= 0.3 is 12.0 Å². The summed E-state index contributed by atoms with van der Waals surface area (Å²) in [5.41, 5.74) is 0. The van der Waals surface area contributed by atoms with E-state index in [4.69, 9.17) is 10.2 Å². The maximum atomic E-state index is 12.0. The fourth-order valence-electron chi connectivity index (χ4n) is 2.87. The molecule has 0 aromatic rings. The number of nitrogens with zero attached hydrogens (tertiary/aromatic N) is 1. The number of carbonyl (C=O) groups is 2. The number of aliphatic hydroxyl groups excluding tert-OH is 1. The highest BCUT2D eigenvalue weighted by Gasteiger charge is 2.35. The van der Waals surface area contributed by atoms with Crippen LogP contribution in [0.1, 0.15) is 32.1 Å². The lowest BCUT2D eigenvalue weighted by Crippen LogP contribution is -2.45.